The fourth-order valence-electron chi connectivity index (χ4n) is 1.79. The van der Waals surface area contributed by atoms with Gasteiger partial charge in [-0.05, 0) is 29.3 Å². The minimum absolute atomic E-state index is 0.124. The number of carbonyl (C=O) groups excluding carboxylic acids is 1. The maximum absolute atomic E-state index is 11.8. The molecule has 0 aliphatic heterocycles. The molecule has 0 radical (unpaired) electrons. The van der Waals surface area contributed by atoms with Crippen LogP contribution in [0.1, 0.15) is 18.7 Å². The SMILES string of the molecule is Cc1nccn1CCCC(=O)Nc1cc(=O)c(Br)c[nH]1. The van der Waals surface area contributed by atoms with Gasteiger partial charge in [0.1, 0.15) is 11.6 Å². The van der Waals surface area contributed by atoms with E-state index in [4.69, 9.17) is 0 Å². The third-order valence-corrected chi connectivity index (χ3v) is 3.49. The summed E-state index contributed by atoms with van der Waals surface area (Å²) < 4.78 is 2.43. The summed E-state index contributed by atoms with van der Waals surface area (Å²) in [5.41, 5.74) is -0.173. The van der Waals surface area contributed by atoms with Crippen LogP contribution >= 0.6 is 15.9 Å². The lowest BCUT2D eigenvalue weighted by Gasteiger charge is -2.06. The minimum Gasteiger partial charge on any atom is -0.347 e. The van der Waals surface area contributed by atoms with Gasteiger partial charge in [0, 0.05) is 37.6 Å². The van der Waals surface area contributed by atoms with Gasteiger partial charge in [-0.25, -0.2) is 4.98 Å². The molecule has 106 valence electrons. The van der Waals surface area contributed by atoms with Gasteiger partial charge in [0.15, 0.2) is 5.43 Å². The second kappa shape index (κ2) is 6.51. The van der Waals surface area contributed by atoms with E-state index in [0.29, 0.717) is 23.1 Å². The summed E-state index contributed by atoms with van der Waals surface area (Å²) in [5, 5.41) is 2.66. The van der Waals surface area contributed by atoms with E-state index in [0.717, 1.165) is 12.4 Å². The summed E-state index contributed by atoms with van der Waals surface area (Å²) >= 11 is 3.10. The Kier molecular flexibility index (Phi) is 4.73. The van der Waals surface area contributed by atoms with Crippen molar-refractivity contribution in [2.24, 2.45) is 0 Å². The van der Waals surface area contributed by atoms with Crippen molar-refractivity contribution in [1.29, 1.82) is 0 Å². The maximum atomic E-state index is 11.8. The van der Waals surface area contributed by atoms with Crippen LogP contribution in [0.5, 0.6) is 0 Å². The number of aromatic nitrogens is 3. The zero-order valence-corrected chi connectivity index (χ0v) is 12.6. The number of anilines is 1. The van der Waals surface area contributed by atoms with E-state index >= 15 is 0 Å². The summed E-state index contributed by atoms with van der Waals surface area (Å²) in [6.07, 6.45) is 6.23. The highest BCUT2D eigenvalue weighted by Gasteiger charge is 2.05. The van der Waals surface area contributed by atoms with Crippen LogP contribution in [0.2, 0.25) is 0 Å². The molecule has 20 heavy (non-hydrogen) atoms. The molecule has 0 aromatic carbocycles. The summed E-state index contributed by atoms with van der Waals surface area (Å²) in [5.74, 6) is 1.21. The Morgan fingerprint density at radius 2 is 2.35 bits per heavy atom. The number of carbonyl (C=O) groups is 1. The van der Waals surface area contributed by atoms with Gasteiger partial charge in [-0.2, -0.15) is 0 Å². The maximum Gasteiger partial charge on any atom is 0.225 e. The third kappa shape index (κ3) is 3.80. The number of amides is 1. The van der Waals surface area contributed by atoms with Gasteiger partial charge < -0.3 is 14.9 Å². The molecule has 2 N–H and O–H groups in total. The molecule has 0 unspecified atom stereocenters. The number of rotatable bonds is 5. The van der Waals surface area contributed by atoms with Gasteiger partial charge >= 0.3 is 0 Å². The Hall–Kier alpha value is -1.89. The molecule has 0 saturated heterocycles. The van der Waals surface area contributed by atoms with E-state index < -0.39 is 0 Å². The summed E-state index contributed by atoms with van der Waals surface area (Å²) in [7, 11) is 0. The number of aromatic amines is 1. The van der Waals surface area contributed by atoms with Crippen molar-refractivity contribution in [1.82, 2.24) is 14.5 Å². The molecule has 0 fully saturated rings. The topological polar surface area (TPSA) is 79.8 Å². The zero-order chi connectivity index (χ0) is 14.5. The monoisotopic (exact) mass is 338 g/mol. The standard InChI is InChI=1S/C13H15BrN4O2/c1-9-15-4-6-18(9)5-2-3-13(20)17-12-7-11(19)10(14)8-16-12/h4,6-8H,2-3,5H2,1H3,(H2,16,17,19,20). The molecule has 2 heterocycles. The molecule has 2 rings (SSSR count). The Bertz CT molecular complexity index is 662. The predicted octanol–water partition coefficient (Wildman–Crippen LogP) is 2.06. The predicted molar refractivity (Wildman–Crippen MR) is 79.6 cm³/mol. The van der Waals surface area contributed by atoms with Crippen LogP contribution in [0.25, 0.3) is 0 Å². The average Bonchev–Trinajstić information content (AvgIpc) is 2.80. The molecule has 0 atom stereocenters. The quantitative estimate of drug-likeness (QED) is 0.875. The van der Waals surface area contributed by atoms with Crippen molar-refractivity contribution in [3.63, 3.8) is 0 Å². The second-order valence-corrected chi connectivity index (χ2v) is 5.23. The minimum atomic E-state index is -0.173. The molecule has 2 aromatic heterocycles. The molecule has 0 bridgehead atoms. The molecule has 0 saturated carbocycles. The van der Waals surface area contributed by atoms with Crippen LogP contribution in [0.3, 0.4) is 0 Å². The highest BCUT2D eigenvalue weighted by Crippen LogP contribution is 2.06. The number of nitrogens with zero attached hydrogens (tertiary/aromatic N) is 2. The van der Waals surface area contributed by atoms with Crippen molar-refractivity contribution in [3.05, 3.63) is 45.2 Å². The van der Waals surface area contributed by atoms with Crippen LogP contribution in [-0.2, 0) is 11.3 Å². The number of aryl methyl sites for hydroxylation is 2. The van der Waals surface area contributed by atoms with Crippen molar-refractivity contribution in [2.75, 3.05) is 5.32 Å². The van der Waals surface area contributed by atoms with E-state index in [9.17, 15) is 9.59 Å². The van der Waals surface area contributed by atoms with Crippen molar-refractivity contribution >= 4 is 27.7 Å². The Morgan fingerprint density at radius 1 is 1.55 bits per heavy atom. The van der Waals surface area contributed by atoms with Crippen LogP contribution < -0.4 is 10.7 Å². The summed E-state index contributed by atoms with van der Waals surface area (Å²) in [6, 6.07) is 1.35. The highest BCUT2D eigenvalue weighted by atomic mass is 79.9. The smallest absolute Gasteiger partial charge is 0.225 e. The lowest BCUT2D eigenvalue weighted by atomic mass is 10.3. The Morgan fingerprint density at radius 3 is 3.00 bits per heavy atom. The van der Waals surface area contributed by atoms with Gasteiger partial charge in [-0.3, -0.25) is 9.59 Å². The van der Waals surface area contributed by atoms with Crippen molar-refractivity contribution in [2.45, 2.75) is 26.3 Å². The van der Waals surface area contributed by atoms with Gasteiger partial charge in [0.05, 0.1) is 4.47 Å². The first-order chi connectivity index (χ1) is 9.56. The lowest BCUT2D eigenvalue weighted by Crippen LogP contribution is -2.15. The summed E-state index contributed by atoms with van der Waals surface area (Å²) in [6.45, 7) is 2.67. The van der Waals surface area contributed by atoms with Crippen LogP contribution in [-0.4, -0.2) is 20.4 Å². The van der Waals surface area contributed by atoms with Crippen LogP contribution in [0, 0.1) is 6.92 Å². The highest BCUT2D eigenvalue weighted by molar-refractivity contribution is 9.10. The summed E-state index contributed by atoms with van der Waals surface area (Å²) in [4.78, 5) is 30.1. The number of H-pyrrole nitrogens is 1. The molecular weight excluding hydrogens is 324 g/mol. The zero-order valence-electron chi connectivity index (χ0n) is 11.0. The lowest BCUT2D eigenvalue weighted by molar-refractivity contribution is -0.116. The Balaban J connectivity index is 1.82. The second-order valence-electron chi connectivity index (χ2n) is 4.38. The number of halogens is 1. The molecule has 0 spiro atoms. The van der Waals surface area contributed by atoms with E-state index in [1.165, 1.54) is 12.3 Å². The van der Waals surface area contributed by atoms with E-state index in [-0.39, 0.29) is 11.3 Å². The van der Waals surface area contributed by atoms with Gasteiger partial charge in [0.25, 0.3) is 0 Å². The number of imidazole rings is 1. The molecule has 0 aliphatic rings. The van der Waals surface area contributed by atoms with E-state index in [1.807, 2.05) is 17.7 Å². The molecule has 1 amide bonds. The third-order valence-electron chi connectivity index (χ3n) is 2.87. The molecule has 2 aromatic rings. The van der Waals surface area contributed by atoms with Crippen LogP contribution in [0.15, 0.2) is 33.9 Å². The first-order valence-electron chi connectivity index (χ1n) is 6.22. The van der Waals surface area contributed by atoms with E-state index in [1.54, 1.807) is 6.20 Å². The molecular formula is C13H15BrN4O2. The van der Waals surface area contributed by atoms with Crippen LogP contribution in [0.4, 0.5) is 5.82 Å². The van der Waals surface area contributed by atoms with Gasteiger partial charge in [0.2, 0.25) is 5.91 Å². The van der Waals surface area contributed by atoms with Crippen molar-refractivity contribution in [3.8, 4) is 0 Å². The number of hydrogen-bond donors (Lipinski definition) is 2. The Labute approximate surface area is 124 Å². The number of nitrogens with one attached hydrogen (secondary N) is 2. The molecule has 7 heteroatoms. The van der Waals surface area contributed by atoms with E-state index in [2.05, 4.69) is 31.2 Å². The fraction of sp³-hybridized carbons (Fsp3) is 0.308. The van der Waals surface area contributed by atoms with Gasteiger partial charge in [-0.15, -0.1) is 0 Å². The van der Waals surface area contributed by atoms with Gasteiger partial charge in [-0.1, -0.05) is 0 Å². The molecule has 0 aliphatic carbocycles. The first-order valence-corrected chi connectivity index (χ1v) is 7.01. The fourth-order valence-corrected chi connectivity index (χ4v) is 2.02. The molecule has 6 nitrogen and oxygen atoms in total. The normalized spacial score (nSPS) is 10.5. The van der Waals surface area contributed by atoms with Crippen molar-refractivity contribution < 1.29 is 4.79 Å². The first kappa shape index (κ1) is 14.5. The number of hydrogen-bond acceptors (Lipinski definition) is 3. The number of pyridine rings is 1. The largest absolute Gasteiger partial charge is 0.347 e. The average molecular weight is 339 g/mol.